The second-order valence-electron chi connectivity index (χ2n) is 8.57. The highest BCUT2D eigenvalue weighted by Crippen LogP contribution is 2.33. The van der Waals surface area contributed by atoms with E-state index in [1.54, 1.807) is 46.7 Å². The molecule has 0 bridgehead atoms. The summed E-state index contributed by atoms with van der Waals surface area (Å²) in [5, 5.41) is 0. The first-order valence-electron chi connectivity index (χ1n) is 11.4. The second-order valence-corrected chi connectivity index (χ2v) is 10.5. The summed E-state index contributed by atoms with van der Waals surface area (Å²) < 4.78 is 54.9. The summed E-state index contributed by atoms with van der Waals surface area (Å²) >= 11 is 0. The van der Waals surface area contributed by atoms with E-state index in [0.717, 1.165) is 5.69 Å². The van der Waals surface area contributed by atoms with Crippen LogP contribution in [-0.2, 0) is 10.0 Å². The molecule has 1 aromatic heterocycles. The fraction of sp³-hybridized carbons (Fsp3) is 0.320. The number of halogens is 1. The second kappa shape index (κ2) is 9.01. The fourth-order valence-electron chi connectivity index (χ4n) is 4.62. The first kappa shape index (κ1) is 23.4. The van der Waals surface area contributed by atoms with E-state index in [2.05, 4.69) is 0 Å². The normalized spacial score (nSPS) is 16.4. The number of sulfonamides is 1. The lowest BCUT2D eigenvalue weighted by Crippen LogP contribution is -2.50. The molecule has 1 saturated heterocycles. The number of hydrogen-bond donors (Lipinski definition) is 0. The average Bonchev–Trinajstić information content (AvgIpc) is 3.17. The van der Waals surface area contributed by atoms with Gasteiger partial charge in [0.05, 0.1) is 16.1 Å². The Balaban J connectivity index is 1.32. The number of benzene rings is 2. The van der Waals surface area contributed by atoms with Crippen molar-refractivity contribution in [3.63, 3.8) is 0 Å². The minimum atomic E-state index is -3.75. The van der Waals surface area contributed by atoms with Gasteiger partial charge in [0, 0.05) is 43.6 Å². The molecule has 1 fully saturated rings. The molecule has 10 heteroatoms. The summed E-state index contributed by atoms with van der Waals surface area (Å²) in [6.07, 6.45) is 0. The monoisotopic (exact) mass is 499 g/mol. The summed E-state index contributed by atoms with van der Waals surface area (Å²) in [6.45, 7) is 5.27. The van der Waals surface area contributed by atoms with Crippen molar-refractivity contribution in [3.05, 3.63) is 71.3 Å². The summed E-state index contributed by atoms with van der Waals surface area (Å²) in [5.74, 6) is 0.373. The van der Waals surface area contributed by atoms with Crippen LogP contribution in [0.2, 0.25) is 0 Å². The number of ether oxygens (including phenoxy) is 2. The number of para-hydroxylation sites is 1. The molecule has 0 saturated carbocycles. The third-order valence-corrected chi connectivity index (χ3v) is 8.33. The van der Waals surface area contributed by atoms with Crippen LogP contribution in [0.1, 0.15) is 21.7 Å². The number of fused-ring (bicyclic) bond motifs is 1. The Morgan fingerprint density at radius 1 is 0.914 bits per heavy atom. The lowest BCUT2D eigenvalue weighted by molar-refractivity contribution is 0.0697. The third kappa shape index (κ3) is 4.17. The van der Waals surface area contributed by atoms with Crippen molar-refractivity contribution < 1.29 is 27.1 Å². The number of amides is 1. The molecule has 2 aliphatic rings. The van der Waals surface area contributed by atoms with E-state index < -0.39 is 10.0 Å². The Kier molecular flexibility index (Phi) is 6.02. The van der Waals surface area contributed by atoms with Crippen LogP contribution in [0.15, 0.2) is 53.4 Å². The van der Waals surface area contributed by atoms with Gasteiger partial charge in [-0.1, -0.05) is 12.1 Å². The van der Waals surface area contributed by atoms with Gasteiger partial charge in [0.15, 0.2) is 11.5 Å². The molecule has 3 heterocycles. The number of rotatable bonds is 4. The first-order chi connectivity index (χ1) is 16.8. The third-order valence-electron chi connectivity index (χ3n) is 6.43. The number of aryl methyl sites for hydroxylation is 1. The summed E-state index contributed by atoms with van der Waals surface area (Å²) in [7, 11) is -3.75. The van der Waals surface area contributed by atoms with E-state index in [1.807, 2.05) is 6.92 Å². The lowest BCUT2D eigenvalue weighted by Gasteiger charge is -2.34. The zero-order chi connectivity index (χ0) is 24.7. The van der Waals surface area contributed by atoms with Crippen molar-refractivity contribution in [2.75, 3.05) is 39.4 Å². The van der Waals surface area contributed by atoms with Gasteiger partial charge in [-0.25, -0.2) is 12.8 Å². The molecular weight excluding hydrogens is 473 g/mol. The summed E-state index contributed by atoms with van der Waals surface area (Å²) in [5.41, 5.74) is 2.26. The summed E-state index contributed by atoms with van der Waals surface area (Å²) in [4.78, 5) is 15.1. The van der Waals surface area contributed by atoms with Crippen molar-refractivity contribution in [2.45, 2.75) is 18.7 Å². The van der Waals surface area contributed by atoms with Crippen molar-refractivity contribution in [3.8, 4) is 17.2 Å². The molecule has 0 radical (unpaired) electrons. The Bertz CT molecular complexity index is 1390. The van der Waals surface area contributed by atoms with Gasteiger partial charge in [0.25, 0.3) is 5.91 Å². The van der Waals surface area contributed by atoms with E-state index in [1.165, 1.54) is 22.5 Å². The number of carbonyl (C=O) groups is 1. The highest BCUT2D eigenvalue weighted by molar-refractivity contribution is 7.89. The minimum Gasteiger partial charge on any atom is -0.486 e. The number of nitrogens with zero attached hydrogens (tertiary/aromatic N) is 3. The van der Waals surface area contributed by atoms with E-state index in [0.29, 0.717) is 41.7 Å². The fourth-order valence-corrected chi connectivity index (χ4v) is 6.06. The molecule has 0 atom stereocenters. The molecule has 5 rings (SSSR count). The molecular formula is C25H26FN3O5S. The van der Waals surface area contributed by atoms with E-state index >= 15 is 0 Å². The van der Waals surface area contributed by atoms with Crippen LogP contribution in [-0.4, -0.2) is 67.5 Å². The van der Waals surface area contributed by atoms with Gasteiger partial charge in [0.2, 0.25) is 10.0 Å². The predicted molar refractivity (Wildman–Crippen MR) is 127 cm³/mol. The zero-order valence-corrected chi connectivity index (χ0v) is 20.3. The molecule has 2 aromatic carbocycles. The van der Waals surface area contributed by atoms with Crippen LogP contribution in [0.5, 0.6) is 11.5 Å². The highest BCUT2D eigenvalue weighted by atomic mass is 32.2. The average molecular weight is 500 g/mol. The molecule has 1 amide bonds. The quantitative estimate of drug-likeness (QED) is 0.551. The number of carbonyl (C=O) groups excluding carboxylic acids is 1. The molecule has 0 N–H and O–H groups in total. The van der Waals surface area contributed by atoms with Gasteiger partial charge in [-0.05, 0) is 44.2 Å². The Hall–Kier alpha value is -3.37. The van der Waals surface area contributed by atoms with Crippen LogP contribution in [0, 0.1) is 19.7 Å². The van der Waals surface area contributed by atoms with Crippen LogP contribution in [0.4, 0.5) is 4.39 Å². The molecule has 0 spiro atoms. The van der Waals surface area contributed by atoms with Crippen LogP contribution < -0.4 is 9.47 Å². The van der Waals surface area contributed by atoms with Gasteiger partial charge in [0.1, 0.15) is 19.0 Å². The van der Waals surface area contributed by atoms with E-state index in [9.17, 15) is 17.6 Å². The minimum absolute atomic E-state index is 0.134. The number of hydrogen-bond acceptors (Lipinski definition) is 5. The number of piperazine rings is 1. The highest BCUT2D eigenvalue weighted by Gasteiger charge is 2.32. The topological polar surface area (TPSA) is 81.1 Å². The molecule has 35 heavy (non-hydrogen) atoms. The lowest BCUT2D eigenvalue weighted by atomic mass is 10.2. The molecule has 0 unspecified atom stereocenters. The maximum atomic E-state index is 14.4. The molecule has 184 valence electrons. The zero-order valence-electron chi connectivity index (χ0n) is 19.5. The first-order valence-corrected chi connectivity index (χ1v) is 12.8. The van der Waals surface area contributed by atoms with Gasteiger partial charge >= 0.3 is 0 Å². The van der Waals surface area contributed by atoms with Gasteiger partial charge < -0.3 is 18.9 Å². The standard InChI is InChI=1S/C25H26FN3O5S/c1-17-15-20(18(2)29(17)22-6-4-3-5-21(22)26)25(30)27-9-11-28(12-10-27)35(31,32)19-7-8-23-24(16-19)34-14-13-33-23/h3-8,15-16H,9-14H2,1-2H3. The van der Waals surface area contributed by atoms with Crippen molar-refractivity contribution in [1.29, 1.82) is 0 Å². The van der Waals surface area contributed by atoms with E-state index in [-0.39, 0.29) is 42.8 Å². The maximum Gasteiger partial charge on any atom is 0.255 e. The maximum absolute atomic E-state index is 14.4. The van der Waals surface area contributed by atoms with Crippen molar-refractivity contribution in [1.82, 2.24) is 13.8 Å². The number of aromatic nitrogens is 1. The summed E-state index contributed by atoms with van der Waals surface area (Å²) in [6, 6.07) is 12.8. The molecule has 2 aliphatic heterocycles. The van der Waals surface area contributed by atoms with Gasteiger partial charge in [-0.3, -0.25) is 4.79 Å². The van der Waals surface area contributed by atoms with Gasteiger partial charge in [-0.15, -0.1) is 0 Å². The van der Waals surface area contributed by atoms with Crippen LogP contribution in [0.3, 0.4) is 0 Å². The van der Waals surface area contributed by atoms with Crippen LogP contribution in [0.25, 0.3) is 5.69 Å². The Labute approximate surface area is 203 Å². The van der Waals surface area contributed by atoms with E-state index in [4.69, 9.17) is 9.47 Å². The smallest absolute Gasteiger partial charge is 0.255 e. The predicted octanol–water partition coefficient (Wildman–Crippen LogP) is 3.15. The Morgan fingerprint density at radius 2 is 1.60 bits per heavy atom. The molecule has 3 aromatic rings. The molecule has 0 aliphatic carbocycles. The van der Waals surface area contributed by atoms with Crippen molar-refractivity contribution in [2.24, 2.45) is 0 Å². The van der Waals surface area contributed by atoms with Crippen molar-refractivity contribution >= 4 is 15.9 Å². The largest absolute Gasteiger partial charge is 0.486 e. The van der Waals surface area contributed by atoms with Gasteiger partial charge in [-0.2, -0.15) is 4.31 Å². The molecule has 8 nitrogen and oxygen atoms in total. The van der Waals surface area contributed by atoms with Crippen LogP contribution >= 0.6 is 0 Å². The Morgan fingerprint density at radius 3 is 2.31 bits per heavy atom. The SMILES string of the molecule is Cc1cc(C(=O)N2CCN(S(=O)(=O)c3ccc4c(c3)OCCO4)CC2)c(C)n1-c1ccccc1F.